The molecule has 1 aliphatic rings. The highest BCUT2D eigenvalue weighted by Crippen LogP contribution is 2.26. The number of carbonyl (C=O) groups is 1. The first-order valence-corrected chi connectivity index (χ1v) is 12.1. The highest BCUT2D eigenvalue weighted by molar-refractivity contribution is 9.10. The van der Waals surface area contributed by atoms with Crippen LogP contribution in [0.3, 0.4) is 0 Å². The Hall–Kier alpha value is -2.93. The van der Waals surface area contributed by atoms with Gasteiger partial charge in [0.05, 0.1) is 5.69 Å². The Labute approximate surface area is 204 Å². The predicted molar refractivity (Wildman–Crippen MR) is 137 cm³/mol. The Kier molecular flexibility index (Phi) is 7.28. The van der Waals surface area contributed by atoms with Gasteiger partial charge in [-0.2, -0.15) is 0 Å². The molecule has 1 aliphatic heterocycles. The van der Waals surface area contributed by atoms with Crippen LogP contribution in [0.1, 0.15) is 34.6 Å². The number of nitrogens with one attached hydrogen (secondary N) is 1. The number of urea groups is 1. The maximum atomic E-state index is 12.9. The highest BCUT2D eigenvalue weighted by atomic mass is 79.9. The molecule has 3 aromatic rings. The number of amides is 2. The molecule has 0 atom stereocenters. The van der Waals surface area contributed by atoms with Gasteiger partial charge in [0.25, 0.3) is 0 Å². The van der Waals surface area contributed by atoms with E-state index in [9.17, 15) is 4.79 Å². The smallest absolute Gasteiger partial charge is 0.321 e. The number of aryl methyl sites for hydroxylation is 3. The standard InChI is InChI=1S/C26H30BrN5O/c1-18-9-11-21(12-10-18)17-22-19(2)28-20(3)29-25(22)31-13-6-14-32(16-15-31)26(33)30-24-8-5-4-7-23(24)27/h4-5,7-12H,6,13-17H2,1-3H3,(H,30,33). The van der Waals surface area contributed by atoms with Gasteiger partial charge in [-0.3, -0.25) is 0 Å². The molecule has 2 aromatic carbocycles. The molecule has 0 radical (unpaired) electrons. The normalized spacial score (nSPS) is 14.2. The second kappa shape index (κ2) is 10.3. The Morgan fingerprint density at radius 1 is 0.970 bits per heavy atom. The molecule has 7 heteroatoms. The van der Waals surface area contributed by atoms with Crippen molar-refractivity contribution < 1.29 is 4.79 Å². The fraction of sp³-hybridized carbons (Fsp3) is 0.346. The van der Waals surface area contributed by atoms with Crippen LogP contribution in [0.15, 0.2) is 53.0 Å². The summed E-state index contributed by atoms with van der Waals surface area (Å²) in [5.74, 6) is 1.77. The van der Waals surface area contributed by atoms with Crippen LogP contribution in [0.2, 0.25) is 0 Å². The van der Waals surface area contributed by atoms with Crippen molar-refractivity contribution >= 4 is 33.5 Å². The van der Waals surface area contributed by atoms with E-state index in [1.54, 1.807) is 0 Å². The number of nitrogens with zero attached hydrogens (tertiary/aromatic N) is 4. The summed E-state index contributed by atoms with van der Waals surface area (Å²) in [7, 11) is 0. The van der Waals surface area contributed by atoms with Gasteiger partial charge < -0.3 is 15.1 Å². The molecular formula is C26H30BrN5O. The Morgan fingerprint density at radius 3 is 2.48 bits per heavy atom. The fourth-order valence-corrected chi connectivity index (χ4v) is 4.57. The zero-order valence-electron chi connectivity index (χ0n) is 19.4. The van der Waals surface area contributed by atoms with Gasteiger partial charge in [0.1, 0.15) is 11.6 Å². The molecule has 33 heavy (non-hydrogen) atoms. The van der Waals surface area contributed by atoms with Crippen LogP contribution in [0.25, 0.3) is 0 Å². The van der Waals surface area contributed by atoms with Gasteiger partial charge in [-0.1, -0.05) is 42.0 Å². The lowest BCUT2D eigenvalue weighted by atomic mass is 10.0. The Morgan fingerprint density at radius 2 is 1.73 bits per heavy atom. The maximum absolute atomic E-state index is 12.9. The second-order valence-electron chi connectivity index (χ2n) is 8.56. The molecule has 0 bridgehead atoms. The molecule has 1 N–H and O–H groups in total. The van der Waals surface area contributed by atoms with E-state index < -0.39 is 0 Å². The third-order valence-electron chi connectivity index (χ3n) is 6.00. The number of rotatable bonds is 4. The van der Waals surface area contributed by atoms with E-state index in [0.717, 1.165) is 59.0 Å². The van der Waals surface area contributed by atoms with Crippen molar-refractivity contribution in [1.29, 1.82) is 0 Å². The summed E-state index contributed by atoms with van der Waals surface area (Å²) in [5.41, 5.74) is 5.47. The van der Waals surface area contributed by atoms with Crippen molar-refractivity contribution in [2.75, 3.05) is 36.4 Å². The lowest BCUT2D eigenvalue weighted by Crippen LogP contribution is -2.38. The molecule has 0 aliphatic carbocycles. The van der Waals surface area contributed by atoms with E-state index >= 15 is 0 Å². The van der Waals surface area contributed by atoms with Crippen molar-refractivity contribution in [3.63, 3.8) is 0 Å². The molecule has 4 rings (SSSR count). The quantitative estimate of drug-likeness (QED) is 0.506. The lowest BCUT2D eigenvalue weighted by Gasteiger charge is -2.26. The van der Waals surface area contributed by atoms with Gasteiger partial charge in [0, 0.05) is 48.3 Å². The maximum Gasteiger partial charge on any atom is 0.321 e. The number of aromatic nitrogens is 2. The zero-order valence-corrected chi connectivity index (χ0v) is 21.0. The van der Waals surface area contributed by atoms with Crippen LogP contribution in [0.5, 0.6) is 0 Å². The van der Waals surface area contributed by atoms with Crippen LogP contribution in [0, 0.1) is 20.8 Å². The van der Waals surface area contributed by atoms with Gasteiger partial charge >= 0.3 is 6.03 Å². The third-order valence-corrected chi connectivity index (χ3v) is 6.69. The zero-order chi connectivity index (χ0) is 23.4. The van der Waals surface area contributed by atoms with E-state index in [0.29, 0.717) is 13.1 Å². The van der Waals surface area contributed by atoms with Crippen molar-refractivity contribution in [2.24, 2.45) is 0 Å². The monoisotopic (exact) mass is 507 g/mol. The minimum absolute atomic E-state index is 0.0707. The summed E-state index contributed by atoms with van der Waals surface area (Å²) in [6.07, 6.45) is 1.68. The molecule has 1 fully saturated rings. The van der Waals surface area contributed by atoms with Crippen LogP contribution >= 0.6 is 15.9 Å². The van der Waals surface area contributed by atoms with Crippen molar-refractivity contribution in [1.82, 2.24) is 14.9 Å². The summed E-state index contributed by atoms with van der Waals surface area (Å²) in [6, 6.07) is 16.2. The molecule has 2 heterocycles. The summed E-state index contributed by atoms with van der Waals surface area (Å²) < 4.78 is 0.877. The first-order chi connectivity index (χ1) is 15.9. The van der Waals surface area contributed by atoms with Gasteiger partial charge in [-0.25, -0.2) is 14.8 Å². The number of anilines is 2. The van der Waals surface area contributed by atoms with E-state index in [2.05, 4.69) is 69.2 Å². The summed E-state index contributed by atoms with van der Waals surface area (Å²) in [6.45, 7) is 9.06. The van der Waals surface area contributed by atoms with Crippen LogP contribution in [-0.2, 0) is 6.42 Å². The van der Waals surface area contributed by atoms with Crippen LogP contribution in [-0.4, -0.2) is 47.1 Å². The number of hydrogen-bond acceptors (Lipinski definition) is 4. The molecule has 0 unspecified atom stereocenters. The number of halogens is 1. The van der Waals surface area contributed by atoms with Gasteiger partial charge in [0.15, 0.2) is 0 Å². The van der Waals surface area contributed by atoms with Crippen molar-refractivity contribution in [2.45, 2.75) is 33.6 Å². The van der Waals surface area contributed by atoms with Crippen molar-refractivity contribution in [3.05, 3.63) is 81.2 Å². The molecule has 0 saturated carbocycles. The predicted octanol–water partition coefficient (Wildman–Crippen LogP) is 5.50. The van der Waals surface area contributed by atoms with Gasteiger partial charge in [-0.15, -0.1) is 0 Å². The highest BCUT2D eigenvalue weighted by Gasteiger charge is 2.23. The molecule has 6 nitrogen and oxygen atoms in total. The number of para-hydroxylation sites is 1. The SMILES string of the molecule is Cc1ccc(Cc2c(C)nc(C)nc2N2CCCN(C(=O)Nc3ccccc3Br)CC2)cc1. The van der Waals surface area contributed by atoms with Crippen LogP contribution in [0.4, 0.5) is 16.3 Å². The third kappa shape index (κ3) is 5.71. The minimum Gasteiger partial charge on any atom is -0.354 e. The van der Waals surface area contributed by atoms with E-state index in [1.165, 1.54) is 11.1 Å². The van der Waals surface area contributed by atoms with E-state index in [4.69, 9.17) is 4.98 Å². The summed E-state index contributed by atoms with van der Waals surface area (Å²) in [5, 5.41) is 3.03. The average molecular weight is 508 g/mol. The Bertz CT molecular complexity index is 1130. The molecule has 1 aromatic heterocycles. The molecule has 172 valence electrons. The molecule has 1 saturated heterocycles. The van der Waals surface area contributed by atoms with Gasteiger partial charge in [0.2, 0.25) is 0 Å². The molecular weight excluding hydrogens is 478 g/mol. The van der Waals surface area contributed by atoms with E-state index in [-0.39, 0.29) is 6.03 Å². The average Bonchev–Trinajstić information content (AvgIpc) is 3.05. The Balaban J connectivity index is 1.51. The van der Waals surface area contributed by atoms with Crippen LogP contribution < -0.4 is 10.2 Å². The molecule has 2 amide bonds. The fourth-order valence-electron chi connectivity index (χ4n) is 4.19. The largest absolute Gasteiger partial charge is 0.354 e. The first kappa shape index (κ1) is 23.2. The number of carbonyl (C=O) groups excluding carboxylic acids is 1. The number of hydrogen-bond donors (Lipinski definition) is 1. The minimum atomic E-state index is -0.0707. The topological polar surface area (TPSA) is 61.4 Å². The number of benzene rings is 2. The lowest BCUT2D eigenvalue weighted by molar-refractivity contribution is 0.215. The second-order valence-corrected chi connectivity index (χ2v) is 9.41. The summed E-state index contributed by atoms with van der Waals surface area (Å²) in [4.78, 5) is 26.6. The first-order valence-electron chi connectivity index (χ1n) is 11.4. The van der Waals surface area contributed by atoms with Gasteiger partial charge in [-0.05, 0) is 60.8 Å². The molecule has 0 spiro atoms. The summed E-state index contributed by atoms with van der Waals surface area (Å²) >= 11 is 3.50. The van der Waals surface area contributed by atoms with E-state index in [1.807, 2.05) is 36.1 Å². The van der Waals surface area contributed by atoms with Crippen molar-refractivity contribution in [3.8, 4) is 0 Å².